The van der Waals surface area contributed by atoms with Crippen molar-refractivity contribution in [3.05, 3.63) is 34.9 Å². The molecule has 1 spiro atoms. The number of rotatable bonds is 2. The summed E-state index contributed by atoms with van der Waals surface area (Å²) in [4.78, 5) is 4.88. The SMILES string of the molecule is CC1CCCC2(CSC(=NC(C)c3ccc(Cl)cc3)N2)C1. The highest BCUT2D eigenvalue weighted by Gasteiger charge is 2.40. The first kappa shape index (κ1) is 15.2. The smallest absolute Gasteiger partial charge is 0.157 e. The minimum atomic E-state index is 0.174. The molecule has 0 radical (unpaired) electrons. The van der Waals surface area contributed by atoms with Crippen molar-refractivity contribution >= 4 is 28.5 Å². The summed E-state index contributed by atoms with van der Waals surface area (Å²) in [7, 11) is 0. The van der Waals surface area contributed by atoms with Crippen LogP contribution in [0.2, 0.25) is 5.02 Å². The fraction of sp³-hybridized carbons (Fsp3) is 0.588. The lowest BCUT2D eigenvalue weighted by Gasteiger charge is -2.36. The maximum absolute atomic E-state index is 5.95. The second-order valence-electron chi connectivity index (χ2n) is 6.56. The van der Waals surface area contributed by atoms with Gasteiger partial charge in [-0.25, -0.2) is 0 Å². The maximum atomic E-state index is 5.95. The number of halogens is 1. The van der Waals surface area contributed by atoms with E-state index in [0.29, 0.717) is 5.54 Å². The van der Waals surface area contributed by atoms with Gasteiger partial charge in [0.25, 0.3) is 0 Å². The molecule has 0 bridgehead atoms. The Morgan fingerprint density at radius 1 is 1.38 bits per heavy atom. The van der Waals surface area contributed by atoms with Crippen molar-refractivity contribution in [1.82, 2.24) is 5.32 Å². The van der Waals surface area contributed by atoms with Crippen LogP contribution in [0.3, 0.4) is 0 Å². The van der Waals surface area contributed by atoms with Gasteiger partial charge < -0.3 is 5.32 Å². The lowest BCUT2D eigenvalue weighted by molar-refractivity contribution is 0.242. The van der Waals surface area contributed by atoms with Crippen molar-refractivity contribution in [2.24, 2.45) is 10.9 Å². The number of aliphatic imine (C=N–C) groups is 1. The first-order valence-corrected chi connectivity index (χ1v) is 9.17. The van der Waals surface area contributed by atoms with Gasteiger partial charge in [-0.1, -0.05) is 55.3 Å². The molecule has 2 fully saturated rings. The zero-order chi connectivity index (χ0) is 14.9. The predicted molar refractivity (Wildman–Crippen MR) is 93.3 cm³/mol. The minimum absolute atomic E-state index is 0.174. The topological polar surface area (TPSA) is 24.4 Å². The zero-order valence-corrected chi connectivity index (χ0v) is 14.3. The Hall–Kier alpha value is -0.670. The molecule has 2 nitrogen and oxygen atoms in total. The van der Waals surface area contributed by atoms with Gasteiger partial charge >= 0.3 is 0 Å². The molecular formula is C17H23ClN2S. The summed E-state index contributed by atoms with van der Waals surface area (Å²) in [5.41, 5.74) is 1.52. The molecule has 114 valence electrons. The fourth-order valence-electron chi connectivity index (χ4n) is 3.47. The number of hydrogen-bond acceptors (Lipinski definition) is 2. The van der Waals surface area contributed by atoms with Gasteiger partial charge in [0.2, 0.25) is 0 Å². The lowest BCUT2D eigenvalue weighted by Crippen LogP contribution is -2.47. The van der Waals surface area contributed by atoms with Crippen LogP contribution in [0.15, 0.2) is 29.3 Å². The number of nitrogens with zero attached hydrogens (tertiary/aromatic N) is 1. The quantitative estimate of drug-likeness (QED) is 0.824. The number of thioether (sulfide) groups is 1. The number of nitrogens with one attached hydrogen (secondary N) is 1. The highest BCUT2D eigenvalue weighted by molar-refractivity contribution is 8.14. The monoisotopic (exact) mass is 322 g/mol. The van der Waals surface area contributed by atoms with E-state index >= 15 is 0 Å². The second-order valence-corrected chi connectivity index (χ2v) is 7.96. The number of benzene rings is 1. The van der Waals surface area contributed by atoms with E-state index in [-0.39, 0.29) is 6.04 Å². The van der Waals surface area contributed by atoms with Crippen LogP contribution in [0.5, 0.6) is 0 Å². The molecule has 1 aliphatic heterocycles. The molecule has 1 aromatic rings. The molecule has 2 aliphatic rings. The molecule has 3 unspecified atom stereocenters. The molecule has 0 amide bonds. The molecular weight excluding hydrogens is 300 g/mol. The summed E-state index contributed by atoms with van der Waals surface area (Å²) in [6, 6.07) is 8.18. The van der Waals surface area contributed by atoms with Crippen molar-refractivity contribution in [1.29, 1.82) is 0 Å². The van der Waals surface area contributed by atoms with Crippen molar-refractivity contribution in [3.8, 4) is 0 Å². The number of amidine groups is 1. The Balaban J connectivity index is 1.69. The average molecular weight is 323 g/mol. The van der Waals surface area contributed by atoms with Crippen molar-refractivity contribution in [2.75, 3.05) is 5.75 Å². The maximum Gasteiger partial charge on any atom is 0.157 e. The summed E-state index contributed by atoms with van der Waals surface area (Å²) in [6.07, 6.45) is 5.30. The van der Waals surface area contributed by atoms with E-state index in [2.05, 4.69) is 31.3 Å². The Morgan fingerprint density at radius 3 is 2.86 bits per heavy atom. The molecule has 1 N–H and O–H groups in total. The standard InChI is InChI=1S/C17H23ClN2S/c1-12-4-3-9-17(10-12)11-21-16(20-17)19-13(2)14-5-7-15(18)8-6-14/h5-8,12-13H,3-4,9-11H2,1-2H3,(H,19,20). The zero-order valence-electron chi connectivity index (χ0n) is 12.7. The Bertz CT molecular complexity index is 528. The van der Waals surface area contributed by atoms with Crippen LogP contribution >= 0.6 is 23.4 Å². The van der Waals surface area contributed by atoms with Crippen LogP contribution in [0, 0.1) is 5.92 Å². The molecule has 1 heterocycles. The van der Waals surface area contributed by atoms with Crippen LogP contribution in [0.4, 0.5) is 0 Å². The van der Waals surface area contributed by atoms with E-state index in [9.17, 15) is 0 Å². The summed E-state index contributed by atoms with van der Waals surface area (Å²) in [5, 5.41) is 5.63. The van der Waals surface area contributed by atoms with Gasteiger partial charge in [-0.3, -0.25) is 4.99 Å². The van der Waals surface area contributed by atoms with Crippen LogP contribution in [0.25, 0.3) is 0 Å². The highest BCUT2D eigenvalue weighted by atomic mass is 35.5. The van der Waals surface area contributed by atoms with Gasteiger partial charge in [0.15, 0.2) is 5.17 Å². The first-order chi connectivity index (χ1) is 10.1. The summed E-state index contributed by atoms with van der Waals surface area (Å²) in [5.74, 6) is 2.00. The van der Waals surface area contributed by atoms with Crippen LogP contribution < -0.4 is 5.32 Å². The third-order valence-electron chi connectivity index (χ3n) is 4.61. The molecule has 1 saturated carbocycles. The molecule has 1 aliphatic carbocycles. The first-order valence-electron chi connectivity index (χ1n) is 7.81. The van der Waals surface area contributed by atoms with Gasteiger partial charge in [0.05, 0.1) is 6.04 Å². The van der Waals surface area contributed by atoms with Gasteiger partial charge in [-0.05, 0) is 43.4 Å². The molecule has 1 aromatic carbocycles. The van der Waals surface area contributed by atoms with Gasteiger partial charge in [0, 0.05) is 16.3 Å². The Kier molecular flexibility index (Phi) is 4.51. The van der Waals surface area contributed by atoms with Crippen molar-refractivity contribution in [2.45, 2.75) is 51.1 Å². The van der Waals surface area contributed by atoms with E-state index in [1.54, 1.807) is 0 Å². The highest BCUT2D eigenvalue weighted by Crippen LogP contribution is 2.39. The minimum Gasteiger partial charge on any atom is -0.359 e. The molecule has 1 saturated heterocycles. The lowest BCUT2D eigenvalue weighted by atomic mass is 9.78. The predicted octanol–water partition coefficient (Wildman–Crippen LogP) is 5.04. The Labute approximate surface area is 136 Å². The normalized spacial score (nSPS) is 32.3. The van der Waals surface area contributed by atoms with Gasteiger partial charge in [-0.2, -0.15) is 0 Å². The van der Waals surface area contributed by atoms with Crippen molar-refractivity contribution < 1.29 is 0 Å². The van der Waals surface area contributed by atoms with Crippen LogP contribution in [-0.2, 0) is 0 Å². The van der Waals surface area contributed by atoms with E-state index in [1.165, 1.54) is 37.0 Å². The van der Waals surface area contributed by atoms with Crippen LogP contribution in [-0.4, -0.2) is 16.5 Å². The molecule has 0 aromatic heterocycles. The van der Waals surface area contributed by atoms with E-state index in [0.717, 1.165) is 16.1 Å². The summed E-state index contributed by atoms with van der Waals surface area (Å²) >= 11 is 7.83. The fourth-order valence-corrected chi connectivity index (χ4v) is 4.87. The third kappa shape index (κ3) is 3.57. The largest absolute Gasteiger partial charge is 0.359 e. The second kappa shape index (κ2) is 6.21. The van der Waals surface area contributed by atoms with E-state index in [4.69, 9.17) is 16.6 Å². The van der Waals surface area contributed by atoms with Crippen LogP contribution in [0.1, 0.15) is 51.1 Å². The molecule has 3 rings (SSSR count). The molecule has 21 heavy (non-hydrogen) atoms. The van der Waals surface area contributed by atoms with Gasteiger partial charge in [0.1, 0.15) is 0 Å². The summed E-state index contributed by atoms with van der Waals surface area (Å²) in [6.45, 7) is 4.52. The third-order valence-corrected chi connectivity index (χ3v) is 6.04. The number of hydrogen-bond donors (Lipinski definition) is 1. The molecule has 3 atom stereocenters. The van der Waals surface area contributed by atoms with E-state index < -0.39 is 0 Å². The van der Waals surface area contributed by atoms with E-state index in [1.807, 2.05) is 23.9 Å². The average Bonchev–Trinajstić information content (AvgIpc) is 2.81. The Morgan fingerprint density at radius 2 is 2.14 bits per heavy atom. The molecule has 4 heteroatoms. The summed E-state index contributed by atoms with van der Waals surface area (Å²) < 4.78 is 0. The van der Waals surface area contributed by atoms with Gasteiger partial charge in [-0.15, -0.1) is 0 Å². The van der Waals surface area contributed by atoms with Crippen molar-refractivity contribution in [3.63, 3.8) is 0 Å².